The minimum atomic E-state index is 0.0509. The Hall–Kier alpha value is -1.96. The molecular weight excluding hydrogens is 344 g/mol. The zero-order chi connectivity index (χ0) is 16.9. The fourth-order valence-corrected chi connectivity index (χ4v) is 5.88. The lowest BCUT2D eigenvalue weighted by Gasteiger charge is -2.34. The van der Waals surface area contributed by atoms with E-state index in [1.54, 1.807) is 0 Å². The van der Waals surface area contributed by atoms with Crippen LogP contribution >= 0.6 is 23.4 Å². The highest BCUT2D eigenvalue weighted by Gasteiger charge is 2.44. The van der Waals surface area contributed by atoms with Gasteiger partial charge in [0.2, 0.25) is 0 Å². The van der Waals surface area contributed by atoms with Crippen molar-refractivity contribution < 1.29 is 0 Å². The summed E-state index contributed by atoms with van der Waals surface area (Å²) in [6.45, 7) is 0. The van der Waals surface area contributed by atoms with E-state index in [2.05, 4.69) is 78.5 Å². The molecule has 0 N–H and O–H groups in total. The van der Waals surface area contributed by atoms with Gasteiger partial charge in [0.25, 0.3) is 0 Å². The van der Waals surface area contributed by atoms with Crippen molar-refractivity contribution in [3.05, 3.63) is 101 Å². The minimum absolute atomic E-state index is 0.0509. The van der Waals surface area contributed by atoms with Crippen molar-refractivity contribution in [1.29, 1.82) is 0 Å². The fourth-order valence-electron chi connectivity index (χ4n) is 4.14. The maximum absolute atomic E-state index is 6.18. The maximum Gasteiger partial charge on any atom is 0.0706 e. The van der Waals surface area contributed by atoms with Gasteiger partial charge in [-0.25, -0.2) is 0 Å². The molecule has 0 nitrogen and oxygen atoms in total. The summed E-state index contributed by atoms with van der Waals surface area (Å²) >= 11 is 8.24. The summed E-state index contributed by atoms with van der Waals surface area (Å²) in [4.78, 5) is 0. The van der Waals surface area contributed by atoms with Crippen LogP contribution in [-0.2, 0) is 4.75 Å². The lowest BCUT2D eigenvalue weighted by Crippen LogP contribution is -2.23. The molecule has 0 bridgehead atoms. The Labute approximate surface area is 157 Å². The highest BCUT2D eigenvalue weighted by molar-refractivity contribution is 8.00. The number of rotatable bonds is 1. The molecule has 1 spiro atoms. The smallest absolute Gasteiger partial charge is 0.0706 e. The Kier molecular flexibility index (Phi) is 3.55. The monoisotopic (exact) mass is 360 g/mol. The van der Waals surface area contributed by atoms with E-state index >= 15 is 0 Å². The van der Waals surface area contributed by atoms with E-state index in [4.69, 9.17) is 11.6 Å². The highest BCUT2D eigenvalue weighted by atomic mass is 35.5. The van der Waals surface area contributed by atoms with Crippen LogP contribution in [0.5, 0.6) is 0 Å². The zero-order valence-electron chi connectivity index (χ0n) is 13.7. The summed E-state index contributed by atoms with van der Waals surface area (Å²) in [5.41, 5.74) is 8.34. The molecule has 2 aliphatic rings. The van der Waals surface area contributed by atoms with Crippen LogP contribution in [0.25, 0.3) is 16.7 Å². The molecule has 0 saturated carbocycles. The zero-order valence-corrected chi connectivity index (χ0v) is 15.3. The molecule has 0 amide bonds. The number of allylic oxidation sites excluding steroid dienone is 1. The van der Waals surface area contributed by atoms with Crippen molar-refractivity contribution in [1.82, 2.24) is 0 Å². The molecule has 0 radical (unpaired) electrons. The molecule has 122 valence electrons. The lowest BCUT2D eigenvalue weighted by atomic mass is 9.90. The van der Waals surface area contributed by atoms with E-state index < -0.39 is 0 Å². The van der Waals surface area contributed by atoms with E-state index in [0.717, 1.165) is 17.2 Å². The van der Waals surface area contributed by atoms with Crippen molar-refractivity contribution in [2.45, 2.75) is 11.2 Å². The molecule has 2 heteroatoms. The maximum atomic E-state index is 6.18. The second kappa shape index (κ2) is 5.79. The molecule has 0 atom stereocenters. The van der Waals surface area contributed by atoms with Crippen LogP contribution in [0.15, 0.2) is 78.9 Å². The highest BCUT2D eigenvalue weighted by Crippen LogP contribution is 2.59. The van der Waals surface area contributed by atoms with Crippen LogP contribution < -0.4 is 0 Å². The van der Waals surface area contributed by atoms with Gasteiger partial charge in [0.15, 0.2) is 0 Å². The first kappa shape index (κ1) is 15.3. The molecule has 1 heterocycles. The Balaban J connectivity index is 1.62. The Morgan fingerprint density at radius 3 is 2.08 bits per heavy atom. The van der Waals surface area contributed by atoms with Gasteiger partial charge in [-0.15, -0.1) is 11.8 Å². The van der Waals surface area contributed by atoms with Gasteiger partial charge in [0.05, 0.1) is 4.75 Å². The first-order chi connectivity index (χ1) is 12.3. The number of fused-ring (bicyclic) bond motifs is 5. The van der Waals surface area contributed by atoms with Crippen molar-refractivity contribution in [3.63, 3.8) is 0 Å². The largest absolute Gasteiger partial charge is 0.140 e. The summed E-state index contributed by atoms with van der Waals surface area (Å²) < 4.78 is 0.0509. The Morgan fingerprint density at radius 2 is 1.48 bits per heavy atom. The van der Waals surface area contributed by atoms with E-state index in [1.807, 2.05) is 12.1 Å². The number of thioether (sulfide) groups is 1. The second-order valence-corrected chi connectivity index (χ2v) is 8.36. The average molecular weight is 361 g/mol. The molecule has 0 unspecified atom stereocenters. The lowest BCUT2D eigenvalue weighted by molar-refractivity contribution is 0.773. The summed E-state index contributed by atoms with van der Waals surface area (Å²) in [5.74, 6) is 1.00. The standard InChI is InChI=1S/C23H17ClS/c24-18-7-5-6-16(14-18)17-12-13-23(25-15-17)21-10-3-1-8-19(21)20-9-2-4-11-22(20)23/h1-12,14H,13,15H2. The quantitative estimate of drug-likeness (QED) is 0.460. The SMILES string of the molecule is Clc1cccc(C2=CCC3(SC2)c2ccccc2-c2ccccc23)c1. The van der Waals surface area contributed by atoms with Gasteiger partial charge < -0.3 is 0 Å². The third-order valence-electron chi connectivity index (χ3n) is 5.32. The predicted octanol–water partition coefficient (Wildman–Crippen LogP) is 6.78. The van der Waals surface area contributed by atoms with Crippen molar-refractivity contribution in [2.24, 2.45) is 0 Å². The Morgan fingerprint density at radius 1 is 0.800 bits per heavy atom. The van der Waals surface area contributed by atoms with Gasteiger partial charge in [0.1, 0.15) is 0 Å². The van der Waals surface area contributed by atoms with E-state index in [9.17, 15) is 0 Å². The predicted molar refractivity (Wildman–Crippen MR) is 109 cm³/mol. The summed E-state index contributed by atoms with van der Waals surface area (Å²) in [5, 5.41) is 0.806. The van der Waals surface area contributed by atoms with Gasteiger partial charge in [-0.3, -0.25) is 0 Å². The van der Waals surface area contributed by atoms with Crippen LogP contribution in [0, 0.1) is 0 Å². The average Bonchev–Trinajstić information content (AvgIpc) is 2.93. The summed E-state index contributed by atoms with van der Waals surface area (Å²) in [7, 11) is 0. The first-order valence-corrected chi connectivity index (χ1v) is 9.93. The molecule has 0 aromatic heterocycles. The number of benzene rings is 3. The Bertz CT molecular complexity index is 957. The van der Waals surface area contributed by atoms with Crippen LogP contribution in [0.2, 0.25) is 5.02 Å². The number of hydrogen-bond donors (Lipinski definition) is 0. The minimum Gasteiger partial charge on any atom is -0.140 e. The summed E-state index contributed by atoms with van der Waals surface area (Å²) in [6, 6.07) is 26.0. The summed E-state index contributed by atoms with van der Waals surface area (Å²) in [6.07, 6.45) is 3.44. The van der Waals surface area contributed by atoms with Crippen LogP contribution in [0.4, 0.5) is 0 Å². The molecule has 1 aliphatic heterocycles. The van der Waals surface area contributed by atoms with Crippen molar-refractivity contribution >= 4 is 28.9 Å². The normalized spacial score (nSPS) is 17.1. The van der Waals surface area contributed by atoms with E-state index in [1.165, 1.54) is 33.4 Å². The van der Waals surface area contributed by atoms with Crippen molar-refractivity contribution in [2.75, 3.05) is 5.75 Å². The molecular formula is C23H17ClS. The molecule has 0 fully saturated rings. The van der Waals surface area contributed by atoms with Gasteiger partial charge in [-0.1, -0.05) is 78.3 Å². The first-order valence-electron chi connectivity index (χ1n) is 8.56. The molecule has 5 rings (SSSR count). The van der Waals surface area contributed by atoms with Crippen LogP contribution in [0.1, 0.15) is 23.1 Å². The molecule has 0 saturated heterocycles. The van der Waals surface area contributed by atoms with Crippen LogP contribution in [-0.4, -0.2) is 5.75 Å². The van der Waals surface area contributed by atoms with Crippen LogP contribution in [0.3, 0.4) is 0 Å². The molecule has 3 aromatic carbocycles. The topological polar surface area (TPSA) is 0 Å². The molecule has 25 heavy (non-hydrogen) atoms. The van der Waals surface area contributed by atoms with E-state index in [0.29, 0.717) is 0 Å². The fraction of sp³-hybridized carbons (Fsp3) is 0.130. The number of hydrogen-bond acceptors (Lipinski definition) is 1. The third-order valence-corrected chi connectivity index (χ3v) is 7.11. The van der Waals surface area contributed by atoms with Gasteiger partial charge >= 0.3 is 0 Å². The molecule has 3 aromatic rings. The molecule has 1 aliphatic carbocycles. The third kappa shape index (κ3) is 2.30. The van der Waals surface area contributed by atoms with Crippen molar-refractivity contribution in [3.8, 4) is 11.1 Å². The number of halogens is 1. The van der Waals surface area contributed by atoms with Gasteiger partial charge in [-0.2, -0.15) is 0 Å². The van der Waals surface area contributed by atoms with E-state index in [-0.39, 0.29) is 4.75 Å². The van der Waals surface area contributed by atoms with Gasteiger partial charge in [0, 0.05) is 10.8 Å². The second-order valence-electron chi connectivity index (χ2n) is 6.65. The van der Waals surface area contributed by atoms with Gasteiger partial charge in [-0.05, 0) is 51.9 Å².